The highest BCUT2D eigenvalue weighted by Gasteiger charge is 2.37. The fourth-order valence-electron chi connectivity index (χ4n) is 4.46. The van der Waals surface area contributed by atoms with Gasteiger partial charge in [-0.2, -0.15) is 0 Å². The van der Waals surface area contributed by atoms with Gasteiger partial charge in [-0.05, 0) is 31.1 Å². The molecule has 1 amide bonds. The number of fused-ring (bicyclic) bond motifs is 1. The normalized spacial score (nSPS) is 36.9. The van der Waals surface area contributed by atoms with Gasteiger partial charge in [-0.1, -0.05) is 25.7 Å². The number of nitrogens with zero attached hydrogens (tertiary/aromatic N) is 1. The number of carbonyl (C=O) groups is 1. The van der Waals surface area contributed by atoms with Crippen molar-refractivity contribution < 1.29 is 9.69 Å². The van der Waals surface area contributed by atoms with E-state index in [1.54, 1.807) is 4.90 Å². The van der Waals surface area contributed by atoms with Crippen LogP contribution in [0.1, 0.15) is 44.9 Å². The van der Waals surface area contributed by atoms with Crippen LogP contribution in [0.3, 0.4) is 0 Å². The van der Waals surface area contributed by atoms with Crippen LogP contribution in [0.2, 0.25) is 0 Å². The van der Waals surface area contributed by atoms with E-state index in [-0.39, 0.29) is 0 Å². The van der Waals surface area contributed by atoms with E-state index in [0.29, 0.717) is 11.8 Å². The van der Waals surface area contributed by atoms with Gasteiger partial charge in [-0.25, -0.2) is 0 Å². The Kier molecular flexibility index (Phi) is 4.11. The van der Waals surface area contributed by atoms with Gasteiger partial charge in [0.1, 0.15) is 0 Å². The van der Waals surface area contributed by atoms with Crippen molar-refractivity contribution in [3.05, 3.63) is 0 Å². The Balaban J connectivity index is 1.55. The van der Waals surface area contributed by atoms with E-state index in [1.807, 2.05) is 0 Å². The fourth-order valence-corrected chi connectivity index (χ4v) is 4.46. The molecule has 3 aliphatic rings. The molecular formula is C16H29N2O+. The van der Waals surface area contributed by atoms with Crippen LogP contribution in [0.15, 0.2) is 0 Å². The number of piperazine rings is 1. The molecule has 0 aromatic heterocycles. The molecule has 2 aliphatic carbocycles. The van der Waals surface area contributed by atoms with Crippen molar-refractivity contribution >= 4 is 5.91 Å². The third-order valence-electron chi connectivity index (χ3n) is 5.82. The summed E-state index contributed by atoms with van der Waals surface area (Å²) in [5.74, 6) is 2.67. The molecule has 0 unspecified atom stereocenters. The van der Waals surface area contributed by atoms with Gasteiger partial charge in [0, 0.05) is 5.92 Å². The maximum absolute atomic E-state index is 12.7. The molecule has 0 aromatic carbocycles. The molecule has 0 bridgehead atoms. The van der Waals surface area contributed by atoms with Crippen molar-refractivity contribution in [2.45, 2.75) is 44.9 Å². The van der Waals surface area contributed by atoms with E-state index >= 15 is 0 Å². The summed E-state index contributed by atoms with van der Waals surface area (Å²) >= 11 is 0. The first kappa shape index (κ1) is 13.4. The maximum Gasteiger partial charge on any atom is 0.226 e. The van der Waals surface area contributed by atoms with Gasteiger partial charge in [0.05, 0.1) is 33.2 Å². The maximum atomic E-state index is 12.7. The quantitative estimate of drug-likeness (QED) is 0.750. The van der Waals surface area contributed by atoms with E-state index in [0.717, 1.165) is 38.0 Å². The van der Waals surface area contributed by atoms with Crippen LogP contribution in [-0.2, 0) is 4.79 Å². The second-order valence-corrected chi connectivity index (χ2v) is 7.10. The number of carbonyl (C=O) groups excluding carboxylic acids is 1. The molecule has 2 saturated carbocycles. The van der Waals surface area contributed by atoms with Crippen LogP contribution >= 0.6 is 0 Å². The van der Waals surface area contributed by atoms with E-state index in [4.69, 9.17) is 0 Å². The van der Waals surface area contributed by atoms with Crippen molar-refractivity contribution in [2.75, 3.05) is 33.2 Å². The number of hydrogen-bond acceptors (Lipinski definition) is 1. The predicted molar refractivity (Wildman–Crippen MR) is 76.0 cm³/mol. The minimum Gasteiger partial charge on any atom is -0.334 e. The zero-order chi connectivity index (χ0) is 13.2. The van der Waals surface area contributed by atoms with Crippen molar-refractivity contribution in [3.8, 4) is 0 Å². The minimum absolute atomic E-state index is 0.359. The summed E-state index contributed by atoms with van der Waals surface area (Å²) in [6.07, 6.45) is 9.34. The van der Waals surface area contributed by atoms with Gasteiger partial charge < -0.3 is 9.80 Å². The number of amides is 1. The summed E-state index contributed by atoms with van der Waals surface area (Å²) in [7, 11) is 2.23. The van der Waals surface area contributed by atoms with E-state index in [9.17, 15) is 4.79 Å². The third kappa shape index (κ3) is 2.96. The van der Waals surface area contributed by atoms with Crippen LogP contribution < -0.4 is 4.90 Å². The molecule has 0 aromatic rings. The molecule has 1 saturated heterocycles. The first-order chi connectivity index (χ1) is 9.24. The van der Waals surface area contributed by atoms with Gasteiger partial charge in [0.15, 0.2) is 0 Å². The van der Waals surface area contributed by atoms with Gasteiger partial charge in [-0.15, -0.1) is 0 Å². The second-order valence-electron chi connectivity index (χ2n) is 7.10. The van der Waals surface area contributed by atoms with Crippen LogP contribution in [0.25, 0.3) is 0 Å². The summed E-state index contributed by atoms with van der Waals surface area (Å²) in [6.45, 7) is 4.22. The molecule has 1 aliphatic heterocycles. The number of quaternary nitrogens is 1. The summed E-state index contributed by atoms with van der Waals surface area (Å²) < 4.78 is 0. The Morgan fingerprint density at radius 2 is 1.68 bits per heavy atom. The van der Waals surface area contributed by atoms with Gasteiger partial charge in [0.25, 0.3) is 0 Å². The molecule has 108 valence electrons. The molecule has 1 heterocycles. The summed E-state index contributed by atoms with van der Waals surface area (Å²) in [6, 6.07) is 0. The molecule has 3 atom stereocenters. The summed E-state index contributed by atoms with van der Waals surface area (Å²) in [5.41, 5.74) is 0. The average molecular weight is 265 g/mol. The monoisotopic (exact) mass is 265 g/mol. The Bertz CT molecular complexity index is 323. The molecule has 19 heavy (non-hydrogen) atoms. The second kappa shape index (κ2) is 5.82. The zero-order valence-electron chi connectivity index (χ0n) is 12.4. The lowest BCUT2D eigenvalue weighted by Gasteiger charge is -2.41. The molecule has 3 fully saturated rings. The Morgan fingerprint density at radius 1 is 1.00 bits per heavy atom. The first-order valence-electron chi connectivity index (χ1n) is 8.34. The Morgan fingerprint density at radius 3 is 2.42 bits per heavy atom. The summed E-state index contributed by atoms with van der Waals surface area (Å²) in [4.78, 5) is 16.4. The van der Waals surface area contributed by atoms with Gasteiger partial charge in [0.2, 0.25) is 5.91 Å². The topological polar surface area (TPSA) is 24.8 Å². The van der Waals surface area contributed by atoms with E-state index in [2.05, 4.69) is 11.9 Å². The molecule has 3 rings (SSSR count). The van der Waals surface area contributed by atoms with Crippen LogP contribution in [0.5, 0.6) is 0 Å². The molecule has 3 heteroatoms. The third-order valence-corrected chi connectivity index (χ3v) is 5.82. The highest BCUT2D eigenvalue weighted by atomic mass is 16.2. The highest BCUT2D eigenvalue weighted by molar-refractivity contribution is 5.79. The average Bonchev–Trinajstić information content (AvgIpc) is 2.47. The van der Waals surface area contributed by atoms with E-state index in [1.165, 1.54) is 44.9 Å². The molecule has 0 radical (unpaired) electrons. The molecular weight excluding hydrogens is 236 g/mol. The van der Waals surface area contributed by atoms with Crippen molar-refractivity contribution in [3.63, 3.8) is 0 Å². The molecule has 3 nitrogen and oxygen atoms in total. The van der Waals surface area contributed by atoms with Gasteiger partial charge in [-0.3, -0.25) is 4.79 Å². The Hall–Kier alpha value is -0.570. The van der Waals surface area contributed by atoms with Crippen molar-refractivity contribution in [1.82, 2.24) is 4.90 Å². The minimum atomic E-state index is 0.359. The molecule has 0 spiro atoms. The predicted octanol–water partition coefficient (Wildman–Crippen LogP) is 0.950. The lowest BCUT2D eigenvalue weighted by atomic mass is 9.67. The first-order valence-corrected chi connectivity index (χ1v) is 8.34. The SMILES string of the molecule is C[NH+]1CCN(C(=O)[C@@H]2CC[C@H]3CCCC[C@@H]3C2)CC1. The number of likely N-dealkylation sites (N-methyl/N-ethyl adjacent to an activating group) is 1. The Labute approximate surface area is 117 Å². The smallest absolute Gasteiger partial charge is 0.226 e. The molecule has 1 N–H and O–H groups in total. The van der Waals surface area contributed by atoms with Crippen molar-refractivity contribution in [1.29, 1.82) is 0 Å². The standard InChI is InChI=1S/C16H28N2O/c1-17-8-10-18(11-9-17)16(19)15-7-6-13-4-2-3-5-14(13)12-15/h13-15H,2-12H2,1H3/p+1/t13-,14-,15-/m1/s1. The summed E-state index contributed by atoms with van der Waals surface area (Å²) in [5, 5.41) is 0. The van der Waals surface area contributed by atoms with Crippen LogP contribution in [0.4, 0.5) is 0 Å². The largest absolute Gasteiger partial charge is 0.334 e. The van der Waals surface area contributed by atoms with Crippen LogP contribution in [0, 0.1) is 17.8 Å². The van der Waals surface area contributed by atoms with Crippen molar-refractivity contribution in [2.24, 2.45) is 17.8 Å². The van der Waals surface area contributed by atoms with Gasteiger partial charge >= 0.3 is 0 Å². The lowest BCUT2D eigenvalue weighted by molar-refractivity contribution is -0.883. The fraction of sp³-hybridized carbons (Fsp3) is 0.938. The van der Waals surface area contributed by atoms with Crippen LogP contribution in [-0.4, -0.2) is 44.0 Å². The number of nitrogens with one attached hydrogen (secondary N) is 1. The number of rotatable bonds is 1. The lowest BCUT2D eigenvalue weighted by Crippen LogP contribution is -3.12. The number of hydrogen-bond donors (Lipinski definition) is 1. The van der Waals surface area contributed by atoms with E-state index < -0.39 is 0 Å². The highest BCUT2D eigenvalue weighted by Crippen LogP contribution is 2.43. The zero-order valence-corrected chi connectivity index (χ0v) is 12.4.